The predicted molar refractivity (Wildman–Crippen MR) is 254 cm³/mol. The molecule has 1 N–H and O–H groups in total. The lowest BCUT2D eigenvalue weighted by Gasteiger charge is -2.42. The Hall–Kier alpha value is -4.86. The number of nitrogens with zero attached hydrogens (tertiary/aromatic N) is 9. The topological polar surface area (TPSA) is 215 Å². The average Bonchev–Trinajstić information content (AvgIpc) is 4.02. The number of rotatable bonds is 34. The number of aromatic nitrogens is 7. The van der Waals surface area contributed by atoms with Crippen molar-refractivity contribution in [1.29, 1.82) is 5.26 Å². The fourth-order valence-corrected chi connectivity index (χ4v) is 8.12. The molecule has 0 bridgehead atoms. The number of nitriles is 1. The summed E-state index contributed by atoms with van der Waals surface area (Å²) in [5.74, 6) is 1.30. The van der Waals surface area contributed by atoms with E-state index in [1.54, 1.807) is 36.6 Å². The van der Waals surface area contributed by atoms with Crippen molar-refractivity contribution >= 4 is 11.6 Å². The second-order valence-corrected chi connectivity index (χ2v) is 16.9. The lowest BCUT2D eigenvalue weighted by molar-refractivity contribution is -0.0852. The molecule has 6 rings (SSSR count). The fraction of sp³-hybridized carbons (Fsp3) is 0.667. The number of methoxy groups -OCH3 is 1. The third kappa shape index (κ3) is 19.1. The van der Waals surface area contributed by atoms with Gasteiger partial charge in [-0.15, -0.1) is 5.10 Å². The van der Waals surface area contributed by atoms with E-state index in [9.17, 15) is 5.26 Å². The van der Waals surface area contributed by atoms with Gasteiger partial charge in [-0.25, -0.2) is 19.6 Å². The third-order valence-electron chi connectivity index (χ3n) is 11.4. The van der Waals surface area contributed by atoms with Gasteiger partial charge in [0.1, 0.15) is 42.9 Å². The van der Waals surface area contributed by atoms with Crippen molar-refractivity contribution in [3.63, 3.8) is 0 Å². The van der Waals surface area contributed by atoms with Crippen LogP contribution >= 0.6 is 0 Å². The quantitative estimate of drug-likeness (QED) is 0.0626. The summed E-state index contributed by atoms with van der Waals surface area (Å²) in [6.45, 7) is 16.3. The number of morpholine rings is 1. The SMILES string of the molecule is COCCOCCOCCOCCOCCOCCOCCOCCOc1nn([C@H]2CC[C@H](N3C[C@@H](C)O[C@@H](C)C3)CC2)cc1Nc1ncc(-c2ccc(C#N)c(O[C@@H](C)Cn3cncn3)c2)cn1. The highest BCUT2D eigenvalue weighted by molar-refractivity contribution is 5.67. The molecule has 0 unspecified atom stereocenters. The van der Waals surface area contributed by atoms with E-state index < -0.39 is 0 Å². The largest absolute Gasteiger partial charge is 0.487 e. The Kier molecular flexibility index (Phi) is 23.8. The third-order valence-corrected chi connectivity index (χ3v) is 11.4. The van der Waals surface area contributed by atoms with E-state index in [4.69, 9.17) is 57.2 Å². The summed E-state index contributed by atoms with van der Waals surface area (Å²) in [5.41, 5.74) is 2.66. The monoisotopic (exact) mass is 965 g/mol. The van der Waals surface area contributed by atoms with Crippen LogP contribution < -0.4 is 14.8 Å². The number of benzene rings is 1. The van der Waals surface area contributed by atoms with Gasteiger partial charge >= 0.3 is 0 Å². The lowest BCUT2D eigenvalue weighted by Crippen LogP contribution is -2.51. The van der Waals surface area contributed by atoms with Crippen LogP contribution in [-0.4, -0.2) is 190 Å². The first kappa shape index (κ1) is 53.5. The van der Waals surface area contributed by atoms with Crippen LogP contribution in [0.2, 0.25) is 0 Å². The minimum atomic E-state index is -0.255. The molecule has 0 amide bonds. The van der Waals surface area contributed by atoms with Gasteiger partial charge in [0.2, 0.25) is 5.95 Å². The molecule has 1 saturated carbocycles. The van der Waals surface area contributed by atoms with Crippen LogP contribution in [0.1, 0.15) is 58.1 Å². The smallest absolute Gasteiger partial charge is 0.257 e. The molecule has 0 radical (unpaired) electrons. The molecule has 21 nitrogen and oxygen atoms in total. The number of hydrogen-bond acceptors (Lipinski definition) is 19. The molecule has 3 atom stereocenters. The van der Waals surface area contributed by atoms with Crippen molar-refractivity contribution in [2.24, 2.45) is 0 Å². The molecule has 21 heteroatoms. The highest BCUT2D eigenvalue weighted by Crippen LogP contribution is 2.35. The van der Waals surface area contributed by atoms with Crippen LogP contribution in [0.5, 0.6) is 11.6 Å². The summed E-state index contributed by atoms with van der Waals surface area (Å²) < 4.78 is 65.9. The minimum Gasteiger partial charge on any atom is -0.487 e. The molecular formula is C48H72N10O11. The van der Waals surface area contributed by atoms with E-state index in [1.165, 1.54) is 6.33 Å². The number of anilines is 2. The highest BCUT2D eigenvalue weighted by Gasteiger charge is 2.32. The van der Waals surface area contributed by atoms with Gasteiger partial charge in [0.05, 0.1) is 136 Å². The van der Waals surface area contributed by atoms with Crippen molar-refractivity contribution in [2.75, 3.05) is 131 Å². The maximum atomic E-state index is 9.78. The standard InChI is InChI=1S/C48H72N10O11/c1-37-31-56(32-38(2)68-37)43-7-9-44(10-8-43)58-34-45(54-48-51-29-42(30-52-48)40-5-6-41(28-49)46(27-40)69-39(3)33-57-36-50-35-53-57)47(55-58)67-26-25-66-24-23-65-22-21-64-20-19-63-18-17-62-16-15-61-14-13-60-12-11-59-4/h5-6,27,29-30,34-39,43-44H,7-26,31-33H2,1-4H3,(H,51,52,54)/t37-,38+,39-,43-,44-/m0/s1. The molecule has 1 aliphatic carbocycles. The van der Waals surface area contributed by atoms with Crippen LogP contribution in [0, 0.1) is 11.3 Å². The molecule has 1 aromatic carbocycles. The van der Waals surface area contributed by atoms with Crippen LogP contribution in [0.25, 0.3) is 11.1 Å². The molecule has 380 valence electrons. The lowest BCUT2D eigenvalue weighted by atomic mass is 9.89. The number of ether oxygens (including phenoxy) is 11. The van der Waals surface area contributed by atoms with Crippen LogP contribution in [-0.2, 0) is 49.2 Å². The average molecular weight is 965 g/mol. The van der Waals surface area contributed by atoms with E-state index in [2.05, 4.69) is 50.2 Å². The first-order valence-electron chi connectivity index (χ1n) is 24.2. The molecule has 1 aliphatic heterocycles. The molecule has 3 aromatic heterocycles. The molecule has 4 aromatic rings. The Morgan fingerprint density at radius 1 is 0.739 bits per heavy atom. The maximum absolute atomic E-state index is 9.78. The Labute approximate surface area is 405 Å². The zero-order chi connectivity index (χ0) is 48.3. The van der Waals surface area contributed by atoms with Gasteiger partial charge < -0.3 is 57.4 Å². The van der Waals surface area contributed by atoms with Gasteiger partial charge in [0, 0.05) is 44.2 Å². The summed E-state index contributed by atoms with van der Waals surface area (Å²) >= 11 is 0. The van der Waals surface area contributed by atoms with Crippen molar-refractivity contribution in [3.05, 3.63) is 55.0 Å². The Bertz CT molecular complexity index is 2020. The fourth-order valence-electron chi connectivity index (χ4n) is 8.12. The molecule has 0 spiro atoms. The second kappa shape index (κ2) is 30.7. The van der Waals surface area contributed by atoms with Crippen LogP contribution in [0.4, 0.5) is 11.6 Å². The first-order valence-corrected chi connectivity index (χ1v) is 24.2. The maximum Gasteiger partial charge on any atom is 0.257 e. The van der Waals surface area contributed by atoms with Crippen molar-refractivity contribution in [2.45, 2.75) is 83.4 Å². The summed E-state index contributed by atoms with van der Waals surface area (Å²) in [6.07, 6.45) is 13.0. The van der Waals surface area contributed by atoms with Gasteiger partial charge in [-0.1, -0.05) is 6.07 Å². The minimum absolute atomic E-state index is 0.230. The summed E-state index contributed by atoms with van der Waals surface area (Å²) in [7, 11) is 1.65. The van der Waals surface area contributed by atoms with Crippen molar-refractivity contribution in [1.82, 2.24) is 39.4 Å². The molecule has 2 aliphatic rings. The van der Waals surface area contributed by atoms with E-state index in [1.807, 2.05) is 29.9 Å². The predicted octanol–water partition coefficient (Wildman–Crippen LogP) is 4.75. The van der Waals surface area contributed by atoms with Crippen LogP contribution in [0.3, 0.4) is 0 Å². The highest BCUT2D eigenvalue weighted by atomic mass is 16.6. The Balaban J connectivity index is 0.911. The van der Waals surface area contributed by atoms with Gasteiger partial charge in [-0.3, -0.25) is 9.58 Å². The second-order valence-electron chi connectivity index (χ2n) is 16.9. The van der Waals surface area contributed by atoms with Gasteiger partial charge in [0.25, 0.3) is 5.88 Å². The van der Waals surface area contributed by atoms with E-state index in [-0.39, 0.29) is 24.4 Å². The summed E-state index contributed by atoms with van der Waals surface area (Å²) in [6, 6.07) is 8.42. The zero-order valence-corrected chi connectivity index (χ0v) is 40.8. The Morgan fingerprint density at radius 3 is 1.83 bits per heavy atom. The molecule has 2 fully saturated rings. The van der Waals surface area contributed by atoms with Crippen molar-refractivity contribution in [3.8, 4) is 28.8 Å². The van der Waals surface area contributed by atoms with Gasteiger partial charge in [0.15, 0.2) is 0 Å². The molecule has 1 saturated heterocycles. The number of nitrogens with one attached hydrogen (secondary N) is 1. The zero-order valence-electron chi connectivity index (χ0n) is 40.8. The van der Waals surface area contributed by atoms with E-state index in [0.717, 1.165) is 49.9 Å². The Morgan fingerprint density at radius 2 is 1.29 bits per heavy atom. The summed E-state index contributed by atoms with van der Waals surface area (Å²) in [5, 5.41) is 22.2. The van der Waals surface area contributed by atoms with E-state index in [0.29, 0.717) is 147 Å². The normalized spacial score (nSPS) is 19.1. The van der Waals surface area contributed by atoms with E-state index >= 15 is 0 Å². The first-order chi connectivity index (χ1) is 33.9. The van der Waals surface area contributed by atoms with Crippen molar-refractivity contribution < 1.29 is 52.1 Å². The molecule has 69 heavy (non-hydrogen) atoms. The van der Waals surface area contributed by atoms with Crippen LogP contribution in [0.15, 0.2) is 49.4 Å². The molecular weight excluding hydrogens is 893 g/mol. The van der Waals surface area contributed by atoms with Gasteiger partial charge in [-0.2, -0.15) is 10.4 Å². The number of hydrogen-bond donors (Lipinski definition) is 1. The van der Waals surface area contributed by atoms with Gasteiger partial charge in [-0.05, 0) is 64.2 Å². The molecule has 4 heterocycles. The summed E-state index contributed by atoms with van der Waals surface area (Å²) in [4.78, 5) is 15.9.